The molecule has 2 rings (SSSR count). The molecule has 1 saturated carbocycles. The molecule has 4 atom stereocenters. The van der Waals surface area contributed by atoms with E-state index in [4.69, 9.17) is 10.5 Å². The van der Waals surface area contributed by atoms with Gasteiger partial charge in [-0.25, -0.2) is 0 Å². The Hall–Kier alpha value is -0.650. The minimum absolute atomic E-state index is 0.0723. The number of nitrogens with zero attached hydrogens (tertiary/aromatic N) is 1. The molecule has 122 valence electrons. The number of hydrogen-bond donors (Lipinski definition) is 2. The summed E-state index contributed by atoms with van der Waals surface area (Å²) in [5.74, 6) is 1.38. The fourth-order valence-corrected chi connectivity index (χ4v) is 4.05. The molecule has 0 aromatic heterocycles. The molecule has 1 amide bonds. The van der Waals surface area contributed by atoms with Gasteiger partial charge in [-0.2, -0.15) is 0 Å². The smallest absolute Gasteiger partial charge is 0.239 e. The van der Waals surface area contributed by atoms with Crippen LogP contribution >= 0.6 is 0 Å². The van der Waals surface area contributed by atoms with E-state index >= 15 is 0 Å². The average molecular weight is 297 g/mol. The topological polar surface area (TPSA) is 67.6 Å². The van der Waals surface area contributed by atoms with Gasteiger partial charge in [-0.05, 0) is 31.2 Å². The van der Waals surface area contributed by atoms with Crippen LogP contribution in [0.15, 0.2) is 0 Å². The molecule has 21 heavy (non-hydrogen) atoms. The summed E-state index contributed by atoms with van der Waals surface area (Å²) < 4.78 is 5.54. The van der Waals surface area contributed by atoms with Crippen molar-refractivity contribution in [1.82, 2.24) is 10.2 Å². The number of carbonyl (C=O) groups excluding carboxylic acids is 1. The first kappa shape index (κ1) is 16.7. The number of rotatable bonds is 5. The number of morpholine rings is 1. The third-order valence-electron chi connectivity index (χ3n) is 5.21. The van der Waals surface area contributed by atoms with Gasteiger partial charge in [0, 0.05) is 19.6 Å². The summed E-state index contributed by atoms with van der Waals surface area (Å²) in [6.07, 6.45) is 6.21. The van der Waals surface area contributed by atoms with Crippen LogP contribution in [0.1, 0.15) is 39.0 Å². The van der Waals surface area contributed by atoms with Gasteiger partial charge in [0.1, 0.15) is 6.04 Å². The summed E-state index contributed by atoms with van der Waals surface area (Å²) in [6.45, 7) is 5.05. The first-order chi connectivity index (χ1) is 10.2. The molecule has 5 heteroatoms. The molecule has 0 bridgehead atoms. The van der Waals surface area contributed by atoms with Gasteiger partial charge in [0.05, 0.1) is 13.2 Å². The van der Waals surface area contributed by atoms with E-state index in [1.165, 1.54) is 32.1 Å². The largest absolute Gasteiger partial charge is 0.378 e. The van der Waals surface area contributed by atoms with Crippen molar-refractivity contribution < 1.29 is 9.53 Å². The summed E-state index contributed by atoms with van der Waals surface area (Å²) >= 11 is 0. The lowest BCUT2D eigenvalue weighted by Crippen LogP contribution is -2.60. The summed E-state index contributed by atoms with van der Waals surface area (Å²) in [6, 6.07) is 0.287. The molecular formula is C16H31N3O2. The second-order valence-corrected chi connectivity index (χ2v) is 6.47. The van der Waals surface area contributed by atoms with Crippen molar-refractivity contribution in [3.63, 3.8) is 0 Å². The third-order valence-corrected chi connectivity index (χ3v) is 5.21. The summed E-state index contributed by atoms with van der Waals surface area (Å²) in [4.78, 5) is 14.5. The van der Waals surface area contributed by atoms with Crippen LogP contribution in [0.25, 0.3) is 0 Å². The van der Waals surface area contributed by atoms with Crippen LogP contribution in [-0.2, 0) is 9.53 Å². The molecule has 1 saturated heterocycles. The van der Waals surface area contributed by atoms with Gasteiger partial charge in [-0.1, -0.05) is 26.2 Å². The van der Waals surface area contributed by atoms with Gasteiger partial charge in [0.25, 0.3) is 0 Å². The van der Waals surface area contributed by atoms with E-state index in [0.717, 1.165) is 25.6 Å². The highest BCUT2D eigenvalue weighted by molar-refractivity contribution is 5.81. The first-order valence-corrected chi connectivity index (χ1v) is 8.46. The molecule has 4 unspecified atom stereocenters. The molecule has 1 heterocycles. The molecule has 5 nitrogen and oxygen atoms in total. The first-order valence-electron chi connectivity index (χ1n) is 8.46. The van der Waals surface area contributed by atoms with Crippen molar-refractivity contribution >= 4 is 5.91 Å². The number of nitrogens with one attached hydrogen (secondary N) is 1. The number of carbonyl (C=O) groups is 1. The number of likely N-dealkylation sites (N-methyl/N-ethyl adjacent to an activating group) is 1. The van der Waals surface area contributed by atoms with Crippen LogP contribution in [0.4, 0.5) is 0 Å². The highest BCUT2D eigenvalue weighted by atomic mass is 16.5. The molecular weight excluding hydrogens is 266 g/mol. The standard InChI is InChI=1S/C16H31N3O2/c1-3-4-12-5-6-13(10-17)14(9-12)19-7-8-21-11-15(19)16(20)18-2/h12-15H,3-11,17H2,1-2H3,(H,18,20). The van der Waals surface area contributed by atoms with Gasteiger partial charge in [-0.3, -0.25) is 9.69 Å². The number of amides is 1. The van der Waals surface area contributed by atoms with Gasteiger partial charge < -0.3 is 15.8 Å². The lowest BCUT2D eigenvalue weighted by Gasteiger charge is -2.47. The highest BCUT2D eigenvalue weighted by Gasteiger charge is 2.39. The average Bonchev–Trinajstić information content (AvgIpc) is 2.54. The lowest BCUT2D eigenvalue weighted by molar-refractivity contribution is -0.136. The molecule has 0 aromatic rings. The van der Waals surface area contributed by atoms with Gasteiger partial charge in [0.15, 0.2) is 0 Å². The van der Waals surface area contributed by atoms with Crippen LogP contribution in [0, 0.1) is 11.8 Å². The fourth-order valence-electron chi connectivity index (χ4n) is 4.05. The molecule has 0 aromatic carbocycles. The lowest BCUT2D eigenvalue weighted by atomic mass is 9.75. The summed E-state index contributed by atoms with van der Waals surface area (Å²) in [7, 11) is 1.70. The van der Waals surface area contributed by atoms with Crippen LogP contribution < -0.4 is 11.1 Å². The van der Waals surface area contributed by atoms with E-state index in [1.54, 1.807) is 7.05 Å². The quantitative estimate of drug-likeness (QED) is 0.794. The number of nitrogens with two attached hydrogens (primary N) is 1. The van der Waals surface area contributed by atoms with Crippen LogP contribution in [0.2, 0.25) is 0 Å². The minimum Gasteiger partial charge on any atom is -0.378 e. The normalized spacial score (nSPS) is 34.6. The second-order valence-electron chi connectivity index (χ2n) is 6.47. The zero-order valence-corrected chi connectivity index (χ0v) is 13.5. The van der Waals surface area contributed by atoms with E-state index in [1.807, 2.05) is 0 Å². The van der Waals surface area contributed by atoms with Crippen molar-refractivity contribution in [3.8, 4) is 0 Å². The van der Waals surface area contributed by atoms with Crippen LogP contribution in [-0.4, -0.2) is 56.2 Å². The minimum atomic E-state index is -0.150. The molecule has 0 radical (unpaired) electrons. The maximum absolute atomic E-state index is 12.2. The Morgan fingerprint density at radius 2 is 2.24 bits per heavy atom. The zero-order valence-electron chi connectivity index (χ0n) is 13.5. The third kappa shape index (κ3) is 3.96. The summed E-state index contributed by atoms with van der Waals surface area (Å²) in [5.41, 5.74) is 6.02. The monoisotopic (exact) mass is 297 g/mol. The maximum Gasteiger partial charge on any atom is 0.239 e. The highest BCUT2D eigenvalue weighted by Crippen LogP contribution is 2.35. The maximum atomic E-state index is 12.2. The Bertz CT molecular complexity index is 337. The summed E-state index contributed by atoms with van der Waals surface area (Å²) in [5, 5.41) is 2.78. The predicted molar refractivity (Wildman–Crippen MR) is 84.0 cm³/mol. The van der Waals surface area contributed by atoms with Crippen LogP contribution in [0.5, 0.6) is 0 Å². The number of hydrogen-bond acceptors (Lipinski definition) is 4. The molecule has 1 aliphatic carbocycles. The molecule has 2 aliphatic rings. The Balaban J connectivity index is 2.10. The predicted octanol–water partition coefficient (Wildman–Crippen LogP) is 0.977. The van der Waals surface area contributed by atoms with E-state index in [2.05, 4.69) is 17.1 Å². The Morgan fingerprint density at radius 1 is 1.43 bits per heavy atom. The van der Waals surface area contributed by atoms with E-state index in [-0.39, 0.29) is 11.9 Å². The Kier molecular flexibility index (Phi) is 6.45. The SMILES string of the molecule is CCCC1CCC(CN)C(N2CCOCC2C(=O)NC)C1. The fraction of sp³-hybridized carbons (Fsp3) is 0.938. The van der Waals surface area contributed by atoms with Gasteiger partial charge in [0.2, 0.25) is 5.91 Å². The van der Waals surface area contributed by atoms with E-state index < -0.39 is 0 Å². The van der Waals surface area contributed by atoms with Gasteiger partial charge >= 0.3 is 0 Å². The zero-order chi connectivity index (χ0) is 15.2. The molecule has 0 spiro atoms. The van der Waals surface area contributed by atoms with Crippen molar-refractivity contribution in [3.05, 3.63) is 0 Å². The van der Waals surface area contributed by atoms with Crippen molar-refractivity contribution in [2.24, 2.45) is 17.6 Å². The second kappa shape index (κ2) is 8.11. The molecule has 3 N–H and O–H groups in total. The van der Waals surface area contributed by atoms with Crippen molar-refractivity contribution in [2.75, 3.05) is 33.4 Å². The van der Waals surface area contributed by atoms with E-state index in [0.29, 0.717) is 18.6 Å². The Labute approximate surface area is 128 Å². The Morgan fingerprint density at radius 3 is 2.90 bits per heavy atom. The van der Waals surface area contributed by atoms with E-state index in [9.17, 15) is 4.79 Å². The molecule has 2 fully saturated rings. The molecule has 1 aliphatic heterocycles. The van der Waals surface area contributed by atoms with Crippen molar-refractivity contribution in [1.29, 1.82) is 0 Å². The van der Waals surface area contributed by atoms with Crippen molar-refractivity contribution in [2.45, 2.75) is 51.1 Å². The van der Waals surface area contributed by atoms with Gasteiger partial charge in [-0.15, -0.1) is 0 Å². The van der Waals surface area contributed by atoms with Crippen LogP contribution in [0.3, 0.4) is 0 Å². The number of ether oxygens (including phenoxy) is 1.